The van der Waals surface area contributed by atoms with Crippen LogP contribution in [0.2, 0.25) is 0 Å². The van der Waals surface area contributed by atoms with Gasteiger partial charge in [-0.3, -0.25) is 11.3 Å². The number of hydrazine groups is 1. The third kappa shape index (κ3) is 3.09. The van der Waals surface area contributed by atoms with Gasteiger partial charge in [0.25, 0.3) is 0 Å². The van der Waals surface area contributed by atoms with E-state index in [9.17, 15) is 13.2 Å². The Morgan fingerprint density at radius 1 is 1.26 bits per heavy atom. The molecule has 3 N–H and O–H groups in total. The van der Waals surface area contributed by atoms with Crippen molar-refractivity contribution in [3.63, 3.8) is 0 Å². The molecule has 0 heterocycles. The van der Waals surface area contributed by atoms with Crippen molar-refractivity contribution >= 4 is 0 Å². The van der Waals surface area contributed by atoms with Gasteiger partial charge in [0.05, 0.1) is 5.56 Å². The SMILES string of the molecule is Cc1cc(C(F)(F)F)ccc1C(NN)C1CCCC1. The number of halogens is 3. The predicted octanol–water partition coefficient (Wildman–Crippen LogP) is 3.71. The van der Waals surface area contributed by atoms with Crippen molar-refractivity contribution in [2.24, 2.45) is 11.8 Å². The maximum atomic E-state index is 12.6. The fourth-order valence-electron chi connectivity index (χ4n) is 2.97. The van der Waals surface area contributed by atoms with E-state index in [0.717, 1.165) is 24.5 Å². The van der Waals surface area contributed by atoms with Gasteiger partial charge in [0, 0.05) is 6.04 Å². The van der Waals surface area contributed by atoms with E-state index in [1.807, 2.05) is 0 Å². The lowest BCUT2D eigenvalue weighted by molar-refractivity contribution is -0.137. The Labute approximate surface area is 111 Å². The molecule has 1 aliphatic carbocycles. The number of rotatable bonds is 3. The molecule has 0 radical (unpaired) electrons. The van der Waals surface area contributed by atoms with Crippen LogP contribution in [0.1, 0.15) is 48.4 Å². The molecule has 0 amide bonds. The van der Waals surface area contributed by atoms with Crippen LogP contribution < -0.4 is 11.3 Å². The zero-order chi connectivity index (χ0) is 14.0. The van der Waals surface area contributed by atoms with Gasteiger partial charge in [-0.15, -0.1) is 0 Å². The largest absolute Gasteiger partial charge is 0.416 e. The van der Waals surface area contributed by atoms with Crippen LogP contribution in [0.4, 0.5) is 13.2 Å². The lowest BCUT2D eigenvalue weighted by atomic mass is 9.89. The second kappa shape index (κ2) is 5.51. The first-order valence-corrected chi connectivity index (χ1v) is 6.57. The Balaban J connectivity index is 2.28. The second-order valence-corrected chi connectivity index (χ2v) is 5.26. The van der Waals surface area contributed by atoms with Gasteiger partial charge in [0.2, 0.25) is 0 Å². The zero-order valence-corrected chi connectivity index (χ0v) is 10.9. The number of benzene rings is 1. The van der Waals surface area contributed by atoms with Gasteiger partial charge in [-0.05, 0) is 48.9 Å². The van der Waals surface area contributed by atoms with Gasteiger partial charge in [-0.1, -0.05) is 18.9 Å². The summed E-state index contributed by atoms with van der Waals surface area (Å²) in [6.45, 7) is 1.71. The minimum Gasteiger partial charge on any atom is -0.271 e. The monoisotopic (exact) mass is 272 g/mol. The Bertz CT molecular complexity index is 437. The molecule has 1 aliphatic rings. The molecule has 2 nitrogen and oxygen atoms in total. The van der Waals surface area contributed by atoms with Crippen molar-refractivity contribution in [3.05, 3.63) is 34.9 Å². The molecule has 2 rings (SSSR count). The van der Waals surface area contributed by atoms with E-state index in [1.165, 1.54) is 18.9 Å². The topological polar surface area (TPSA) is 38.0 Å². The summed E-state index contributed by atoms with van der Waals surface area (Å²) in [5.74, 6) is 6.02. The second-order valence-electron chi connectivity index (χ2n) is 5.26. The maximum absolute atomic E-state index is 12.6. The van der Waals surface area contributed by atoms with Crippen molar-refractivity contribution in [2.45, 2.75) is 44.8 Å². The molecule has 0 bridgehead atoms. The molecular weight excluding hydrogens is 253 g/mol. The minimum absolute atomic E-state index is 0.0511. The fraction of sp³-hybridized carbons (Fsp3) is 0.571. The van der Waals surface area contributed by atoms with Crippen LogP contribution in [-0.4, -0.2) is 0 Å². The molecule has 1 atom stereocenters. The summed E-state index contributed by atoms with van der Waals surface area (Å²) in [7, 11) is 0. The Kier molecular flexibility index (Phi) is 4.16. The molecule has 0 saturated heterocycles. The van der Waals surface area contributed by atoms with Gasteiger partial charge in [-0.25, -0.2) is 0 Å². The van der Waals surface area contributed by atoms with Crippen LogP contribution in [0.5, 0.6) is 0 Å². The molecule has 1 aromatic rings. The molecule has 0 aliphatic heterocycles. The summed E-state index contributed by atoms with van der Waals surface area (Å²) >= 11 is 0. The number of hydrogen-bond acceptors (Lipinski definition) is 2. The van der Waals surface area contributed by atoms with Crippen LogP contribution in [0.25, 0.3) is 0 Å². The third-order valence-corrected chi connectivity index (χ3v) is 3.98. The van der Waals surface area contributed by atoms with Crippen molar-refractivity contribution < 1.29 is 13.2 Å². The lowest BCUT2D eigenvalue weighted by Crippen LogP contribution is -2.33. The van der Waals surface area contributed by atoms with E-state index in [1.54, 1.807) is 13.0 Å². The van der Waals surface area contributed by atoms with Gasteiger partial charge >= 0.3 is 6.18 Å². The van der Waals surface area contributed by atoms with E-state index in [4.69, 9.17) is 5.84 Å². The van der Waals surface area contributed by atoms with Crippen molar-refractivity contribution in [1.29, 1.82) is 0 Å². The highest BCUT2D eigenvalue weighted by molar-refractivity contribution is 5.35. The number of nitrogens with one attached hydrogen (secondary N) is 1. The normalized spacial score (nSPS) is 18.8. The average Bonchev–Trinajstić information content (AvgIpc) is 2.84. The summed E-state index contributed by atoms with van der Waals surface area (Å²) in [5.41, 5.74) is 3.70. The predicted molar refractivity (Wildman–Crippen MR) is 68.2 cm³/mol. The molecule has 1 aromatic carbocycles. The van der Waals surface area contributed by atoms with E-state index in [0.29, 0.717) is 11.5 Å². The summed E-state index contributed by atoms with van der Waals surface area (Å²) in [5, 5.41) is 0. The van der Waals surface area contributed by atoms with Crippen LogP contribution in [0.15, 0.2) is 18.2 Å². The first-order chi connectivity index (χ1) is 8.93. The highest BCUT2D eigenvalue weighted by atomic mass is 19.4. The first kappa shape index (κ1) is 14.3. The average molecular weight is 272 g/mol. The highest BCUT2D eigenvalue weighted by Gasteiger charge is 2.32. The van der Waals surface area contributed by atoms with Gasteiger partial charge in [0.15, 0.2) is 0 Å². The molecule has 106 valence electrons. The number of nitrogens with two attached hydrogens (primary N) is 1. The molecule has 19 heavy (non-hydrogen) atoms. The molecular formula is C14H19F3N2. The molecule has 0 aromatic heterocycles. The van der Waals surface area contributed by atoms with E-state index >= 15 is 0 Å². The van der Waals surface area contributed by atoms with E-state index < -0.39 is 11.7 Å². The quantitative estimate of drug-likeness (QED) is 0.650. The maximum Gasteiger partial charge on any atom is 0.416 e. The third-order valence-electron chi connectivity index (χ3n) is 3.98. The van der Waals surface area contributed by atoms with Gasteiger partial charge in [-0.2, -0.15) is 13.2 Å². The molecule has 1 saturated carbocycles. The summed E-state index contributed by atoms with van der Waals surface area (Å²) in [4.78, 5) is 0. The molecule has 1 unspecified atom stereocenters. The first-order valence-electron chi connectivity index (χ1n) is 6.57. The molecule has 1 fully saturated rings. The van der Waals surface area contributed by atoms with Gasteiger partial charge < -0.3 is 0 Å². The highest BCUT2D eigenvalue weighted by Crippen LogP contribution is 2.38. The molecule has 5 heteroatoms. The summed E-state index contributed by atoms with van der Waals surface area (Å²) < 4.78 is 37.9. The van der Waals surface area contributed by atoms with Crippen LogP contribution in [0, 0.1) is 12.8 Å². The zero-order valence-electron chi connectivity index (χ0n) is 10.9. The van der Waals surface area contributed by atoms with Crippen LogP contribution in [0.3, 0.4) is 0 Å². The summed E-state index contributed by atoms with van der Waals surface area (Å²) in [6.07, 6.45) is 0.206. The Hall–Kier alpha value is -1.07. The number of hydrogen-bond donors (Lipinski definition) is 2. The van der Waals surface area contributed by atoms with Crippen molar-refractivity contribution in [3.8, 4) is 0 Å². The smallest absolute Gasteiger partial charge is 0.271 e. The van der Waals surface area contributed by atoms with E-state index in [2.05, 4.69) is 5.43 Å². The van der Waals surface area contributed by atoms with Crippen molar-refractivity contribution in [1.82, 2.24) is 5.43 Å². The van der Waals surface area contributed by atoms with Crippen LogP contribution >= 0.6 is 0 Å². The van der Waals surface area contributed by atoms with E-state index in [-0.39, 0.29) is 6.04 Å². The Morgan fingerprint density at radius 3 is 2.37 bits per heavy atom. The fourth-order valence-corrected chi connectivity index (χ4v) is 2.97. The summed E-state index contributed by atoms with van der Waals surface area (Å²) in [6, 6.07) is 3.85. The molecule has 0 spiro atoms. The van der Waals surface area contributed by atoms with Gasteiger partial charge in [0.1, 0.15) is 0 Å². The van der Waals surface area contributed by atoms with Crippen LogP contribution in [-0.2, 0) is 6.18 Å². The lowest BCUT2D eigenvalue weighted by Gasteiger charge is -2.25. The minimum atomic E-state index is -4.29. The number of aryl methyl sites for hydroxylation is 1. The standard InChI is InChI=1S/C14H19F3N2/c1-9-8-11(14(15,16)17)6-7-12(9)13(19-18)10-4-2-3-5-10/h6-8,10,13,19H,2-5,18H2,1H3. The number of alkyl halides is 3. The Morgan fingerprint density at radius 2 is 1.89 bits per heavy atom. The van der Waals surface area contributed by atoms with Crippen molar-refractivity contribution in [2.75, 3.05) is 0 Å².